The summed E-state index contributed by atoms with van der Waals surface area (Å²) in [7, 11) is -3.45. The van der Waals surface area contributed by atoms with Crippen molar-refractivity contribution in [3.8, 4) is 0 Å². The molecule has 1 aliphatic heterocycles. The lowest BCUT2D eigenvalue weighted by molar-refractivity contribution is 0.346. The molecule has 2 heterocycles. The quantitative estimate of drug-likeness (QED) is 0.645. The summed E-state index contributed by atoms with van der Waals surface area (Å²) in [6, 6.07) is 9.35. The number of rotatable bonds is 5. The van der Waals surface area contributed by atoms with Gasteiger partial charge in [0, 0.05) is 19.3 Å². The minimum atomic E-state index is -3.45. The molecule has 1 saturated heterocycles. The van der Waals surface area contributed by atoms with E-state index in [2.05, 4.69) is 28.5 Å². The maximum atomic E-state index is 12.6. The van der Waals surface area contributed by atoms with Gasteiger partial charge in [0.2, 0.25) is 10.0 Å². The van der Waals surface area contributed by atoms with Gasteiger partial charge in [-0.05, 0) is 49.9 Å². The van der Waals surface area contributed by atoms with E-state index in [4.69, 9.17) is 0 Å². The SMILES string of the molecule is Cc1ccc(C=NNc2ccc(S(=O)(=O)N3CCCCC3)cn2)c(C)c1. The highest BCUT2D eigenvalue weighted by Gasteiger charge is 2.25. The number of sulfonamides is 1. The lowest BCUT2D eigenvalue weighted by atomic mass is 10.1. The highest BCUT2D eigenvalue weighted by atomic mass is 32.2. The largest absolute Gasteiger partial charge is 0.261 e. The van der Waals surface area contributed by atoms with Crippen LogP contribution in [0.5, 0.6) is 0 Å². The zero-order valence-corrected chi connectivity index (χ0v) is 16.0. The van der Waals surface area contributed by atoms with Gasteiger partial charge in [-0.25, -0.2) is 13.4 Å². The standard InChI is InChI=1S/C19H24N4O2S/c1-15-6-7-17(16(2)12-15)13-21-22-19-9-8-18(14-20-19)26(24,25)23-10-4-3-5-11-23/h6-9,12-14H,3-5,10-11H2,1-2H3,(H,20,22). The lowest BCUT2D eigenvalue weighted by Crippen LogP contribution is -2.35. The molecule has 0 amide bonds. The van der Waals surface area contributed by atoms with Gasteiger partial charge in [-0.1, -0.05) is 30.2 Å². The maximum Gasteiger partial charge on any atom is 0.244 e. The number of anilines is 1. The van der Waals surface area contributed by atoms with Crippen LogP contribution in [0.4, 0.5) is 5.82 Å². The van der Waals surface area contributed by atoms with Gasteiger partial charge in [-0.2, -0.15) is 9.41 Å². The molecule has 0 unspecified atom stereocenters. The van der Waals surface area contributed by atoms with Gasteiger partial charge in [-0.15, -0.1) is 0 Å². The first kappa shape index (κ1) is 18.5. The topological polar surface area (TPSA) is 74.7 Å². The fourth-order valence-corrected chi connectivity index (χ4v) is 4.45. The highest BCUT2D eigenvalue weighted by molar-refractivity contribution is 7.89. The van der Waals surface area contributed by atoms with E-state index < -0.39 is 10.0 Å². The van der Waals surface area contributed by atoms with Gasteiger partial charge in [-0.3, -0.25) is 5.43 Å². The van der Waals surface area contributed by atoms with E-state index in [1.54, 1.807) is 22.7 Å². The van der Waals surface area contributed by atoms with Crippen LogP contribution in [-0.4, -0.2) is 37.0 Å². The number of pyridine rings is 1. The number of aromatic nitrogens is 1. The molecule has 0 bridgehead atoms. The van der Waals surface area contributed by atoms with Crippen molar-refractivity contribution in [2.75, 3.05) is 18.5 Å². The summed E-state index contributed by atoms with van der Waals surface area (Å²) in [5, 5.41) is 4.19. The Morgan fingerprint density at radius 3 is 2.54 bits per heavy atom. The molecule has 6 nitrogen and oxygen atoms in total. The van der Waals surface area contributed by atoms with Crippen LogP contribution in [0.1, 0.15) is 36.0 Å². The molecule has 1 fully saturated rings. The molecule has 3 rings (SSSR count). The third-order valence-corrected chi connectivity index (χ3v) is 6.38. The lowest BCUT2D eigenvalue weighted by Gasteiger charge is -2.25. The average molecular weight is 372 g/mol. The molecule has 2 aromatic rings. The van der Waals surface area contributed by atoms with Crippen LogP contribution in [0, 0.1) is 13.8 Å². The Morgan fingerprint density at radius 2 is 1.88 bits per heavy atom. The van der Waals surface area contributed by atoms with E-state index in [0.717, 1.165) is 30.4 Å². The van der Waals surface area contributed by atoms with Crippen molar-refractivity contribution >= 4 is 22.1 Å². The van der Waals surface area contributed by atoms with Crippen molar-refractivity contribution in [3.05, 3.63) is 53.2 Å². The summed E-state index contributed by atoms with van der Waals surface area (Å²) in [5.41, 5.74) is 6.22. The monoisotopic (exact) mass is 372 g/mol. The van der Waals surface area contributed by atoms with E-state index >= 15 is 0 Å². The predicted octanol–water partition coefficient (Wildman–Crippen LogP) is 3.32. The fourth-order valence-electron chi connectivity index (χ4n) is 2.99. The Labute approximate surface area is 155 Å². The van der Waals surface area contributed by atoms with Gasteiger partial charge in [0.1, 0.15) is 10.7 Å². The average Bonchev–Trinajstić information content (AvgIpc) is 2.65. The van der Waals surface area contributed by atoms with E-state index in [1.165, 1.54) is 11.8 Å². The van der Waals surface area contributed by atoms with E-state index in [-0.39, 0.29) is 4.90 Å². The molecule has 138 valence electrons. The molecule has 0 saturated carbocycles. The number of hydrogen-bond acceptors (Lipinski definition) is 5. The molecule has 26 heavy (non-hydrogen) atoms. The maximum absolute atomic E-state index is 12.6. The Morgan fingerprint density at radius 1 is 1.12 bits per heavy atom. The third-order valence-electron chi connectivity index (χ3n) is 4.50. The van der Waals surface area contributed by atoms with Crippen LogP contribution in [0.15, 0.2) is 46.5 Å². The summed E-state index contributed by atoms with van der Waals surface area (Å²) in [6.07, 6.45) is 6.04. The Hall–Kier alpha value is -2.25. The summed E-state index contributed by atoms with van der Waals surface area (Å²) in [6.45, 7) is 5.26. The molecule has 0 radical (unpaired) electrons. The second-order valence-electron chi connectivity index (χ2n) is 6.57. The van der Waals surface area contributed by atoms with E-state index in [1.807, 2.05) is 19.1 Å². The molecule has 1 aliphatic rings. The second-order valence-corrected chi connectivity index (χ2v) is 8.51. The van der Waals surface area contributed by atoms with Crippen LogP contribution in [0.3, 0.4) is 0 Å². The first-order valence-corrected chi connectivity index (χ1v) is 10.2. The van der Waals surface area contributed by atoms with Gasteiger partial charge in [0.15, 0.2) is 0 Å². The first-order chi connectivity index (χ1) is 12.5. The van der Waals surface area contributed by atoms with Crippen LogP contribution < -0.4 is 5.43 Å². The third kappa shape index (κ3) is 4.28. The zero-order valence-electron chi connectivity index (χ0n) is 15.1. The zero-order chi connectivity index (χ0) is 18.6. The summed E-state index contributed by atoms with van der Waals surface area (Å²) < 4.78 is 26.7. The van der Waals surface area contributed by atoms with Crippen LogP contribution in [-0.2, 0) is 10.0 Å². The van der Waals surface area contributed by atoms with Crippen molar-refractivity contribution < 1.29 is 8.42 Å². The summed E-state index contributed by atoms with van der Waals surface area (Å²) >= 11 is 0. The van der Waals surface area contributed by atoms with E-state index in [9.17, 15) is 8.42 Å². The number of hydrogen-bond donors (Lipinski definition) is 1. The minimum Gasteiger partial charge on any atom is -0.261 e. The van der Waals surface area contributed by atoms with Gasteiger partial charge < -0.3 is 0 Å². The van der Waals surface area contributed by atoms with Crippen molar-refractivity contribution in [2.24, 2.45) is 5.10 Å². The number of aryl methyl sites for hydroxylation is 2. The minimum absolute atomic E-state index is 0.225. The van der Waals surface area contributed by atoms with Gasteiger partial charge >= 0.3 is 0 Å². The Balaban J connectivity index is 1.66. The smallest absolute Gasteiger partial charge is 0.244 e. The molecule has 1 aromatic heterocycles. The van der Waals surface area contributed by atoms with Crippen LogP contribution in [0.25, 0.3) is 0 Å². The number of hydrazone groups is 1. The second kappa shape index (κ2) is 7.97. The van der Waals surface area contributed by atoms with Crippen molar-refractivity contribution in [3.63, 3.8) is 0 Å². The van der Waals surface area contributed by atoms with Crippen molar-refractivity contribution in [1.82, 2.24) is 9.29 Å². The molecule has 0 aliphatic carbocycles. The van der Waals surface area contributed by atoms with Crippen LogP contribution >= 0.6 is 0 Å². The molecule has 1 N–H and O–H groups in total. The van der Waals surface area contributed by atoms with Crippen LogP contribution in [0.2, 0.25) is 0 Å². The van der Waals surface area contributed by atoms with Gasteiger partial charge in [0.25, 0.3) is 0 Å². The normalized spacial score (nSPS) is 16.1. The van der Waals surface area contributed by atoms with E-state index in [0.29, 0.717) is 18.9 Å². The molecular weight excluding hydrogens is 348 g/mol. The first-order valence-electron chi connectivity index (χ1n) is 8.79. The molecule has 1 aromatic carbocycles. The Bertz CT molecular complexity index is 886. The van der Waals surface area contributed by atoms with Crippen molar-refractivity contribution in [2.45, 2.75) is 38.0 Å². The number of nitrogens with one attached hydrogen (secondary N) is 1. The van der Waals surface area contributed by atoms with Crippen molar-refractivity contribution in [1.29, 1.82) is 0 Å². The number of benzene rings is 1. The Kier molecular flexibility index (Phi) is 5.68. The van der Waals surface area contributed by atoms with Gasteiger partial charge in [0.05, 0.1) is 6.21 Å². The molecule has 0 atom stereocenters. The predicted molar refractivity (Wildman–Crippen MR) is 104 cm³/mol. The summed E-state index contributed by atoms with van der Waals surface area (Å²) in [5.74, 6) is 0.503. The molecule has 0 spiro atoms. The highest BCUT2D eigenvalue weighted by Crippen LogP contribution is 2.20. The molecule has 7 heteroatoms. The fraction of sp³-hybridized carbons (Fsp3) is 0.368. The number of piperidine rings is 1. The number of nitrogens with zero attached hydrogens (tertiary/aromatic N) is 3. The molecular formula is C19H24N4O2S. The summed E-state index contributed by atoms with van der Waals surface area (Å²) in [4.78, 5) is 4.40.